The predicted molar refractivity (Wildman–Crippen MR) is 133 cm³/mol. The number of aromatic nitrogens is 1. The molecule has 4 rings (SSSR count). The molecule has 0 saturated carbocycles. The number of likely N-dealkylation sites (tertiary alicyclic amines) is 1. The molecular weight excluding hydrogens is 430 g/mol. The van der Waals surface area contributed by atoms with Gasteiger partial charge in [-0.2, -0.15) is 0 Å². The van der Waals surface area contributed by atoms with Crippen molar-refractivity contribution < 1.29 is 19.1 Å². The summed E-state index contributed by atoms with van der Waals surface area (Å²) in [6.07, 6.45) is 1.96. The van der Waals surface area contributed by atoms with Crippen LogP contribution in [0.2, 0.25) is 0 Å². The molecule has 2 amide bonds. The van der Waals surface area contributed by atoms with Gasteiger partial charge in [0.1, 0.15) is 0 Å². The molecule has 34 heavy (non-hydrogen) atoms. The van der Waals surface area contributed by atoms with Gasteiger partial charge in [0.2, 0.25) is 0 Å². The van der Waals surface area contributed by atoms with Crippen molar-refractivity contribution in [3.63, 3.8) is 0 Å². The molecule has 1 saturated heterocycles. The van der Waals surface area contributed by atoms with E-state index >= 15 is 0 Å². The summed E-state index contributed by atoms with van der Waals surface area (Å²) in [4.78, 5) is 28.5. The van der Waals surface area contributed by atoms with E-state index in [-0.39, 0.29) is 11.8 Å². The van der Waals surface area contributed by atoms with E-state index in [1.807, 2.05) is 45.0 Å². The Kier molecular flexibility index (Phi) is 6.63. The quantitative estimate of drug-likeness (QED) is 0.566. The largest absolute Gasteiger partial charge is 0.493 e. The number of aryl methyl sites for hydroxylation is 2. The van der Waals surface area contributed by atoms with Crippen molar-refractivity contribution in [3.8, 4) is 17.2 Å². The maximum Gasteiger partial charge on any atom is 0.257 e. The normalized spacial score (nSPS) is 13.1. The molecule has 1 fully saturated rings. The highest BCUT2D eigenvalue weighted by Crippen LogP contribution is 2.35. The van der Waals surface area contributed by atoms with Crippen LogP contribution in [-0.2, 0) is 0 Å². The van der Waals surface area contributed by atoms with Gasteiger partial charge in [0.15, 0.2) is 11.5 Å². The molecule has 0 bridgehead atoms. The summed E-state index contributed by atoms with van der Waals surface area (Å²) in [5.41, 5.74) is 5.27. The van der Waals surface area contributed by atoms with Crippen molar-refractivity contribution in [2.75, 3.05) is 32.6 Å². The molecule has 7 nitrogen and oxygen atoms in total. The first kappa shape index (κ1) is 23.4. The third-order valence-electron chi connectivity index (χ3n) is 6.33. The molecule has 2 aromatic carbocycles. The Bertz CT molecular complexity index is 1240. The minimum atomic E-state index is -0.283. The predicted octanol–water partition coefficient (Wildman–Crippen LogP) is 4.91. The number of nitrogens with one attached hydrogen (secondary N) is 1. The smallest absolute Gasteiger partial charge is 0.257 e. The van der Waals surface area contributed by atoms with Crippen LogP contribution >= 0.6 is 0 Å². The monoisotopic (exact) mass is 461 g/mol. The Morgan fingerprint density at radius 1 is 0.882 bits per heavy atom. The van der Waals surface area contributed by atoms with Crippen molar-refractivity contribution in [2.24, 2.45) is 0 Å². The zero-order valence-electron chi connectivity index (χ0n) is 20.4. The molecule has 3 aromatic rings. The number of benzene rings is 2. The van der Waals surface area contributed by atoms with Gasteiger partial charge in [0, 0.05) is 36.2 Å². The maximum atomic E-state index is 13.4. The van der Waals surface area contributed by atoms with Crippen LogP contribution in [0.5, 0.6) is 11.5 Å². The van der Waals surface area contributed by atoms with Crippen LogP contribution in [0, 0.1) is 20.8 Å². The van der Waals surface area contributed by atoms with Gasteiger partial charge < -0.3 is 24.3 Å². The van der Waals surface area contributed by atoms with Gasteiger partial charge in [-0.15, -0.1) is 0 Å². The second kappa shape index (κ2) is 9.63. The van der Waals surface area contributed by atoms with Crippen LogP contribution in [0.4, 0.5) is 5.69 Å². The molecule has 0 aliphatic carbocycles. The van der Waals surface area contributed by atoms with Gasteiger partial charge in [-0.3, -0.25) is 9.59 Å². The molecule has 1 aliphatic heterocycles. The lowest BCUT2D eigenvalue weighted by molar-refractivity contribution is 0.0793. The van der Waals surface area contributed by atoms with Crippen LogP contribution in [-0.4, -0.2) is 48.6 Å². The molecular formula is C27H31N3O4. The number of methoxy groups -OCH3 is 2. The molecule has 0 spiro atoms. The van der Waals surface area contributed by atoms with Crippen LogP contribution in [0.3, 0.4) is 0 Å². The molecule has 2 heterocycles. The number of anilines is 1. The number of hydrogen-bond donors (Lipinski definition) is 1. The van der Waals surface area contributed by atoms with Crippen LogP contribution in [0.15, 0.2) is 42.5 Å². The number of ether oxygens (including phenoxy) is 2. The lowest BCUT2D eigenvalue weighted by Crippen LogP contribution is -2.29. The minimum absolute atomic E-state index is 0.126. The summed E-state index contributed by atoms with van der Waals surface area (Å²) >= 11 is 0. The number of rotatable bonds is 6. The summed E-state index contributed by atoms with van der Waals surface area (Å²) in [7, 11) is 3.06. The van der Waals surface area contributed by atoms with Gasteiger partial charge in [-0.25, -0.2) is 0 Å². The van der Waals surface area contributed by atoms with Crippen LogP contribution in [0.1, 0.15) is 50.5 Å². The molecule has 0 unspecified atom stereocenters. The van der Waals surface area contributed by atoms with Crippen molar-refractivity contribution >= 4 is 17.5 Å². The van der Waals surface area contributed by atoms with Crippen molar-refractivity contribution in [1.82, 2.24) is 9.47 Å². The van der Waals surface area contributed by atoms with Gasteiger partial charge in [0.05, 0.1) is 31.0 Å². The number of hydrogen-bond acceptors (Lipinski definition) is 4. The average Bonchev–Trinajstić information content (AvgIpc) is 3.46. The number of carbonyl (C=O) groups is 2. The summed E-state index contributed by atoms with van der Waals surface area (Å²) in [6, 6.07) is 13.3. The number of amides is 2. The second-order valence-electron chi connectivity index (χ2n) is 8.67. The Labute approximate surface area is 200 Å². The minimum Gasteiger partial charge on any atom is -0.493 e. The van der Waals surface area contributed by atoms with Crippen molar-refractivity contribution in [2.45, 2.75) is 33.6 Å². The zero-order chi connectivity index (χ0) is 24.4. The molecule has 7 heteroatoms. The van der Waals surface area contributed by atoms with E-state index in [2.05, 4.69) is 16.0 Å². The van der Waals surface area contributed by atoms with E-state index in [0.717, 1.165) is 35.5 Å². The third kappa shape index (κ3) is 4.38. The van der Waals surface area contributed by atoms with E-state index in [1.54, 1.807) is 17.0 Å². The zero-order valence-corrected chi connectivity index (χ0v) is 20.4. The summed E-state index contributed by atoms with van der Waals surface area (Å²) in [6.45, 7) is 7.36. The van der Waals surface area contributed by atoms with Crippen LogP contribution in [0.25, 0.3) is 5.69 Å². The summed E-state index contributed by atoms with van der Waals surface area (Å²) in [5.74, 6) is 0.482. The van der Waals surface area contributed by atoms with Gasteiger partial charge in [-0.05, 0) is 63.4 Å². The van der Waals surface area contributed by atoms with E-state index in [0.29, 0.717) is 41.4 Å². The summed E-state index contributed by atoms with van der Waals surface area (Å²) in [5, 5.41) is 2.97. The lowest BCUT2D eigenvalue weighted by atomic mass is 10.1. The Balaban J connectivity index is 1.72. The second-order valence-corrected chi connectivity index (χ2v) is 8.67. The lowest BCUT2D eigenvalue weighted by Gasteiger charge is -2.20. The highest BCUT2D eigenvalue weighted by molar-refractivity contribution is 6.10. The first-order chi connectivity index (χ1) is 16.3. The number of carbonyl (C=O) groups excluding carboxylic acids is 2. The highest BCUT2D eigenvalue weighted by atomic mass is 16.5. The van der Waals surface area contributed by atoms with Gasteiger partial charge in [0.25, 0.3) is 11.8 Å². The van der Waals surface area contributed by atoms with E-state index in [1.165, 1.54) is 14.2 Å². The standard InChI is InChI=1S/C27H31N3O4/c1-17-9-8-10-20(13-17)30-18(2)14-21(19(30)3)26(31)28-23-16-25(34-5)24(33-4)15-22(23)27(32)29-11-6-7-12-29/h8-10,13-16H,6-7,11-12H2,1-5H3,(H,28,31). The molecule has 0 radical (unpaired) electrons. The van der Waals surface area contributed by atoms with Gasteiger partial charge >= 0.3 is 0 Å². The Morgan fingerprint density at radius 3 is 2.21 bits per heavy atom. The van der Waals surface area contributed by atoms with Crippen molar-refractivity contribution in [1.29, 1.82) is 0 Å². The average molecular weight is 462 g/mol. The maximum absolute atomic E-state index is 13.4. The Hall–Kier alpha value is -3.74. The van der Waals surface area contributed by atoms with Gasteiger partial charge in [-0.1, -0.05) is 12.1 Å². The van der Waals surface area contributed by atoms with E-state index < -0.39 is 0 Å². The SMILES string of the molecule is COc1cc(NC(=O)c2cc(C)n(-c3cccc(C)c3)c2C)c(C(=O)N2CCCC2)cc1OC. The fraction of sp³-hybridized carbons (Fsp3) is 0.333. The third-order valence-corrected chi connectivity index (χ3v) is 6.33. The topological polar surface area (TPSA) is 72.8 Å². The molecule has 0 atom stereocenters. The fourth-order valence-corrected chi connectivity index (χ4v) is 4.60. The first-order valence-electron chi connectivity index (χ1n) is 11.5. The first-order valence-corrected chi connectivity index (χ1v) is 11.5. The van der Waals surface area contributed by atoms with Crippen molar-refractivity contribution in [3.05, 3.63) is 70.5 Å². The molecule has 1 aromatic heterocycles. The summed E-state index contributed by atoms with van der Waals surface area (Å²) < 4.78 is 12.9. The van der Waals surface area contributed by atoms with Crippen LogP contribution < -0.4 is 14.8 Å². The van der Waals surface area contributed by atoms with E-state index in [9.17, 15) is 9.59 Å². The molecule has 1 aliphatic rings. The van der Waals surface area contributed by atoms with E-state index in [4.69, 9.17) is 9.47 Å². The number of nitrogens with zero attached hydrogens (tertiary/aromatic N) is 2. The molecule has 178 valence electrons. The Morgan fingerprint density at radius 2 is 1.56 bits per heavy atom. The molecule has 1 N–H and O–H groups in total. The fourth-order valence-electron chi connectivity index (χ4n) is 4.60. The highest BCUT2D eigenvalue weighted by Gasteiger charge is 2.26.